The molecule has 3 rings (SSSR count). The normalized spacial score (nSPS) is 16.1. The third-order valence-corrected chi connectivity index (χ3v) is 3.95. The van der Waals surface area contributed by atoms with Gasteiger partial charge in [0.15, 0.2) is 12.1 Å². The van der Waals surface area contributed by atoms with E-state index in [1.807, 2.05) is 0 Å². The van der Waals surface area contributed by atoms with Crippen LogP contribution < -0.4 is 0 Å². The van der Waals surface area contributed by atoms with Crippen LogP contribution in [0, 0.1) is 0 Å². The van der Waals surface area contributed by atoms with Crippen molar-refractivity contribution in [3.63, 3.8) is 0 Å². The fourth-order valence-electron chi connectivity index (χ4n) is 2.85. The molecule has 0 aromatic carbocycles. The zero-order valence-electron chi connectivity index (χ0n) is 11.7. The Kier molecular flexibility index (Phi) is 3.72. The third-order valence-electron chi connectivity index (χ3n) is 3.95. The van der Waals surface area contributed by atoms with Crippen molar-refractivity contribution in [2.75, 3.05) is 0 Å². The number of carbonyl (C=O) groups excluding carboxylic acids is 1. The van der Waals surface area contributed by atoms with E-state index in [4.69, 9.17) is 0 Å². The number of rotatable bonds is 3. The molecule has 0 amide bonds. The smallest absolute Gasteiger partial charge is 0.298 e. The second-order valence-corrected chi connectivity index (χ2v) is 5.41. The largest absolute Gasteiger partial charge is 0.416 e. The highest BCUT2D eigenvalue weighted by atomic mass is 19.4. The number of nitrogens with zero attached hydrogens (tertiary/aromatic N) is 3. The van der Waals surface area contributed by atoms with Gasteiger partial charge in [0.25, 0.3) is 0 Å². The van der Waals surface area contributed by atoms with Gasteiger partial charge in [0.1, 0.15) is 0 Å². The van der Waals surface area contributed by atoms with Gasteiger partial charge in [-0.05, 0) is 25.0 Å². The Balaban J connectivity index is 2.00. The highest BCUT2D eigenvalue weighted by Gasteiger charge is 2.31. The predicted octanol–water partition coefficient (Wildman–Crippen LogP) is 3.76. The Morgan fingerprint density at radius 1 is 1.27 bits per heavy atom. The number of alkyl halides is 3. The van der Waals surface area contributed by atoms with E-state index in [1.54, 1.807) is 0 Å². The summed E-state index contributed by atoms with van der Waals surface area (Å²) in [5.74, 6) is 0.259. The molecule has 22 heavy (non-hydrogen) atoms. The lowest BCUT2D eigenvalue weighted by molar-refractivity contribution is -0.137. The minimum absolute atomic E-state index is 0.0576. The van der Waals surface area contributed by atoms with Gasteiger partial charge in [0, 0.05) is 18.3 Å². The van der Waals surface area contributed by atoms with Crippen molar-refractivity contribution < 1.29 is 18.0 Å². The zero-order chi connectivity index (χ0) is 15.7. The quantitative estimate of drug-likeness (QED) is 0.811. The fraction of sp³-hybridized carbons (Fsp3) is 0.400. The molecule has 1 aliphatic carbocycles. The number of aldehydes is 1. The summed E-state index contributed by atoms with van der Waals surface area (Å²) >= 11 is 0. The fourth-order valence-corrected chi connectivity index (χ4v) is 2.85. The highest BCUT2D eigenvalue weighted by molar-refractivity contribution is 5.76. The van der Waals surface area contributed by atoms with Crippen LogP contribution in [-0.2, 0) is 6.18 Å². The first-order chi connectivity index (χ1) is 10.5. The van der Waals surface area contributed by atoms with E-state index in [-0.39, 0.29) is 11.7 Å². The van der Waals surface area contributed by atoms with Crippen molar-refractivity contribution in [1.29, 1.82) is 0 Å². The van der Waals surface area contributed by atoms with Crippen LogP contribution in [0.1, 0.15) is 53.2 Å². The molecule has 0 atom stereocenters. The van der Waals surface area contributed by atoms with E-state index in [0.717, 1.165) is 44.0 Å². The number of aromatic nitrogens is 3. The van der Waals surface area contributed by atoms with Gasteiger partial charge in [-0.1, -0.05) is 12.8 Å². The standard InChI is InChI=1S/C15H14F3N3O/c16-15(17,18)12-5-6-19-13(7-12)21-8-11(9-22)14(20-21)10-3-1-2-4-10/h5-10H,1-4H2. The Labute approximate surface area is 125 Å². The van der Waals surface area contributed by atoms with Crippen LogP contribution in [0.5, 0.6) is 0 Å². The molecule has 1 aliphatic rings. The summed E-state index contributed by atoms with van der Waals surface area (Å²) in [6.07, 6.45) is 2.87. The minimum atomic E-state index is -4.44. The van der Waals surface area contributed by atoms with Gasteiger partial charge in [-0.25, -0.2) is 9.67 Å². The van der Waals surface area contributed by atoms with E-state index in [9.17, 15) is 18.0 Å². The first-order valence-corrected chi connectivity index (χ1v) is 7.07. The molecular weight excluding hydrogens is 295 g/mol. The molecule has 1 saturated carbocycles. The van der Waals surface area contributed by atoms with Crippen LogP contribution in [0.4, 0.5) is 13.2 Å². The Morgan fingerprint density at radius 3 is 2.64 bits per heavy atom. The van der Waals surface area contributed by atoms with Crippen LogP contribution in [0.15, 0.2) is 24.5 Å². The second-order valence-electron chi connectivity index (χ2n) is 5.41. The molecular formula is C15H14F3N3O. The second kappa shape index (κ2) is 5.55. The summed E-state index contributed by atoms with van der Waals surface area (Å²) in [5, 5.41) is 4.31. The van der Waals surface area contributed by atoms with Crippen molar-refractivity contribution in [3.05, 3.63) is 41.3 Å². The maximum absolute atomic E-state index is 12.8. The van der Waals surface area contributed by atoms with Crippen molar-refractivity contribution >= 4 is 6.29 Å². The average Bonchev–Trinajstić information content (AvgIpc) is 3.15. The third kappa shape index (κ3) is 2.75. The lowest BCUT2D eigenvalue weighted by Gasteiger charge is -2.08. The first-order valence-electron chi connectivity index (χ1n) is 7.07. The molecule has 0 radical (unpaired) electrons. The van der Waals surface area contributed by atoms with Crippen LogP contribution in [0.2, 0.25) is 0 Å². The molecule has 2 aromatic rings. The van der Waals surface area contributed by atoms with E-state index in [0.29, 0.717) is 17.5 Å². The van der Waals surface area contributed by atoms with Crippen LogP contribution in [0.3, 0.4) is 0 Å². The minimum Gasteiger partial charge on any atom is -0.298 e. The van der Waals surface area contributed by atoms with Crippen molar-refractivity contribution in [2.45, 2.75) is 37.8 Å². The van der Waals surface area contributed by atoms with Crippen molar-refractivity contribution in [2.24, 2.45) is 0 Å². The molecule has 2 aromatic heterocycles. The molecule has 7 heteroatoms. The molecule has 4 nitrogen and oxygen atoms in total. The van der Waals surface area contributed by atoms with Gasteiger partial charge in [-0.3, -0.25) is 4.79 Å². The maximum atomic E-state index is 12.8. The Morgan fingerprint density at radius 2 is 2.00 bits per heavy atom. The maximum Gasteiger partial charge on any atom is 0.416 e. The summed E-state index contributed by atoms with van der Waals surface area (Å²) in [4.78, 5) is 15.1. The molecule has 1 fully saturated rings. The average molecular weight is 309 g/mol. The zero-order valence-corrected chi connectivity index (χ0v) is 11.7. The first kappa shape index (κ1) is 14.7. The van der Waals surface area contributed by atoms with E-state index in [1.165, 1.54) is 10.9 Å². The predicted molar refractivity (Wildman–Crippen MR) is 73.0 cm³/mol. The van der Waals surface area contributed by atoms with E-state index < -0.39 is 11.7 Å². The lowest BCUT2D eigenvalue weighted by Crippen LogP contribution is -2.08. The van der Waals surface area contributed by atoms with E-state index in [2.05, 4.69) is 10.1 Å². The molecule has 0 saturated heterocycles. The van der Waals surface area contributed by atoms with Crippen molar-refractivity contribution in [1.82, 2.24) is 14.8 Å². The highest BCUT2D eigenvalue weighted by Crippen LogP contribution is 2.35. The summed E-state index contributed by atoms with van der Waals surface area (Å²) in [7, 11) is 0. The Bertz CT molecular complexity index is 688. The van der Waals surface area contributed by atoms with Gasteiger partial charge in [0.05, 0.1) is 16.8 Å². The van der Waals surface area contributed by atoms with Crippen molar-refractivity contribution in [3.8, 4) is 5.82 Å². The number of pyridine rings is 1. The monoisotopic (exact) mass is 309 g/mol. The molecule has 0 N–H and O–H groups in total. The molecule has 2 heterocycles. The summed E-state index contributed by atoms with van der Waals surface area (Å²) < 4.78 is 39.6. The Hall–Kier alpha value is -2.18. The molecule has 116 valence electrons. The number of hydrogen-bond acceptors (Lipinski definition) is 3. The number of hydrogen-bond donors (Lipinski definition) is 0. The summed E-state index contributed by atoms with van der Waals surface area (Å²) in [6, 6.07) is 1.84. The van der Waals surface area contributed by atoms with Gasteiger partial charge < -0.3 is 0 Å². The lowest BCUT2D eigenvalue weighted by atomic mass is 10.0. The van der Waals surface area contributed by atoms with E-state index >= 15 is 0 Å². The van der Waals surface area contributed by atoms with Gasteiger partial charge in [0.2, 0.25) is 0 Å². The number of carbonyl (C=O) groups is 1. The summed E-state index contributed by atoms with van der Waals surface area (Å²) in [6.45, 7) is 0. The summed E-state index contributed by atoms with van der Waals surface area (Å²) in [5.41, 5.74) is 0.292. The molecule has 0 spiro atoms. The molecule has 0 unspecified atom stereocenters. The van der Waals surface area contributed by atoms with Crippen LogP contribution in [0.25, 0.3) is 5.82 Å². The molecule has 0 aliphatic heterocycles. The van der Waals surface area contributed by atoms with Gasteiger partial charge >= 0.3 is 6.18 Å². The van der Waals surface area contributed by atoms with Crippen LogP contribution >= 0.6 is 0 Å². The molecule has 0 bridgehead atoms. The van der Waals surface area contributed by atoms with Gasteiger partial charge in [-0.2, -0.15) is 18.3 Å². The van der Waals surface area contributed by atoms with Gasteiger partial charge in [-0.15, -0.1) is 0 Å². The number of halogens is 3. The SMILES string of the molecule is O=Cc1cn(-c2cc(C(F)(F)F)ccn2)nc1C1CCCC1. The topological polar surface area (TPSA) is 47.8 Å². The van der Waals surface area contributed by atoms with Crippen LogP contribution in [-0.4, -0.2) is 21.1 Å².